The lowest BCUT2D eigenvalue weighted by molar-refractivity contribution is 0.222. The number of phenols is 2. The Kier molecular flexibility index (Phi) is 3.78. The molecule has 2 atom stereocenters. The largest absolute Gasteiger partial charge is 0.507 e. The third-order valence-electron chi connectivity index (χ3n) is 3.95. The predicted molar refractivity (Wildman–Crippen MR) is 71.9 cm³/mol. The smallest absolute Gasteiger partial charge is 0.124 e. The number of nitrogens with zero attached hydrogens (tertiary/aromatic N) is 2. The van der Waals surface area contributed by atoms with Gasteiger partial charge in [-0.05, 0) is 39.6 Å². The van der Waals surface area contributed by atoms with Crippen LogP contribution in [-0.4, -0.2) is 53.2 Å². The molecule has 18 heavy (non-hydrogen) atoms. The Hall–Kier alpha value is -1.26. The van der Waals surface area contributed by atoms with Crippen LogP contribution >= 0.6 is 0 Å². The minimum atomic E-state index is 0.0381. The zero-order valence-corrected chi connectivity index (χ0v) is 11.3. The van der Waals surface area contributed by atoms with E-state index >= 15 is 0 Å². The molecule has 1 aliphatic rings. The van der Waals surface area contributed by atoms with Gasteiger partial charge in [-0.1, -0.05) is 6.07 Å². The molecule has 100 valence electrons. The zero-order chi connectivity index (χ0) is 13.3. The highest BCUT2D eigenvalue weighted by atomic mass is 16.3. The second-order valence-electron chi connectivity index (χ2n) is 5.29. The number of phenolic OH excluding ortho intramolecular Hbond substituents is 2. The lowest BCUT2D eigenvalue weighted by atomic mass is 10.0. The second-order valence-corrected chi connectivity index (χ2v) is 5.29. The van der Waals surface area contributed by atoms with Crippen LogP contribution in [0.1, 0.15) is 24.9 Å². The second kappa shape index (κ2) is 5.16. The minimum Gasteiger partial charge on any atom is -0.507 e. The van der Waals surface area contributed by atoms with Crippen molar-refractivity contribution in [3.05, 3.63) is 23.8 Å². The summed E-state index contributed by atoms with van der Waals surface area (Å²) in [7, 11) is 4.19. The molecule has 0 aliphatic carbocycles. The number of hydrogen-bond acceptors (Lipinski definition) is 4. The molecule has 0 saturated carbocycles. The van der Waals surface area contributed by atoms with Gasteiger partial charge >= 0.3 is 0 Å². The van der Waals surface area contributed by atoms with Crippen molar-refractivity contribution in [2.75, 3.05) is 27.2 Å². The minimum absolute atomic E-state index is 0.0381. The average Bonchev–Trinajstić information content (AvgIpc) is 2.77. The van der Waals surface area contributed by atoms with Gasteiger partial charge in [0, 0.05) is 25.2 Å². The summed E-state index contributed by atoms with van der Waals surface area (Å²) in [5.74, 6) is 0.353. The zero-order valence-electron chi connectivity index (χ0n) is 11.3. The van der Waals surface area contributed by atoms with Crippen molar-refractivity contribution in [1.82, 2.24) is 9.80 Å². The molecule has 2 rings (SSSR count). The van der Waals surface area contributed by atoms with Gasteiger partial charge in [0.15, 0.2) is 0 Å². The molecule has 0 aromatic heterocycles. The molecule has 0 amide bonds. The number of likely N-dealkylation sites (N-methyl/N-ethyl adjacent to an activating group) is 1. The lowest BCUT2D eigenvalue weighted by Crippen LogP contribution is -2.32. The van der Waals surface area contributed by atoms with E-state index in [1.165, 1.54) is 0 Å². The molecule has 1 saturated heterocycles. The highest BCUT2D eigenvalue weighted by Gasteiger charge is 2.30. The number of hydrogen-bond donors (Lipinski definition) is 2. The fourth-order valence-corrected chi connectivity index (χ4v) is 2.69. The van der Waals surface area contributed by atoms with Crippen LogP contribution in [0.3, 0.4) is 0 Å². The Bertz CT molecular complexity index is 400. The summed E-state index contributed by atoms with van der Waals surface area (Å²) >= 11 is 0. The van der Waals surface area contributed by atoms with E-state index in [1.54, 1.807) is 18.2 Å². The molecule has 0 spiro atoms. The van der Waals surface area contributed by atoms with Crippen molar-refractivity contribution in [1.29, 1.82) is 0 Å². The summed E-state index contributed by atoms with van der Waals surface area (Å²) in [5.41, 5.74) is 0.636. The summed E-state index contributed by atoms with van der Waals surface area (Å²) in [6.07, 6.45) is 1.13. The van der Waals surface area contributed by atoms with Crippen molar-refractivity contribution in [3.8, 4) is 11.5 Å². The van der Waals surface area contributed by atoms with E-state index in [-0.39, 0.29) is 17.5 Å². The summed E-state index contributed by atoms with van der Waals surface area (Å²) in [6.45, 7) is 4.01. The molecule has 2 N–H and O–H groups in total. The fraction of sp³-hybridized carbons (Fsp3) is 0.571. The van der Waals surface area contributed by atoms with Crippen LogP contribution in [0.2, 0.25) is 0 Å². The third-order valence-corrected chi connectivity index (χ3v) is 3.95. The Balaban J connectivity index is 2.15. The van der Waals surface area contributed by atoms with Gasteiger partial charge in [0.25, 0.3) is 0 Å². The third kappa shape index (κ3) is 2.44. The van der Waals surface area contributed by atoms with Crippen molar-refractivity contribution >= 4 is 0 Å². The van der Waals surface area contributed by atoms with Crippen LogP contribution in [0.25, 0.3) is 0 Å². The van der Waals surface area contributed by atoms with Gasteiger partial charge in [-0.2, -0.15) is 0 Å². The van der Waals surface area contributed by atoms with E-state index < -0.39 is 0 Å². The van der Waals surface area contributed by atoms with Crippen molar-refractivity contribution in [2.45, 2.75) is 25.4 Å². The van der Waals surface area contributed by atoms with E-state index in [0.717, 1.165) is 19.5 Å². The summed E-state index contributed by atoms with van der Waals surface area (Å²) in [6, 6.07) is 5.51. The van der Waals surface area contributed by atoms with Gasteiger partial charge in [-0.25, -0.2) is 0 Å². The van der Waals surface area contributed by atoms with Gasteiger partial charge in [-0.15, -0.1) is 0 Å². The van der Waals surface area contributed by atoms with Crippen LogP contribution in [0.15, 0.2) is 18.2 Å². The lowest BCUT2D eigenvalue weighted by Gasteiger charge is -2.27. The van der Waals surface area contributed by atoms with Gasteiger partial charge < -0.3 is 15.1 Å². The molecule has 4 nitrogen and oxygen atoms in total. The highest BCUT2D eigenvalue weighted by Crippen LogP contribution is 2.37. The molecule has 0 bridgehead atoms. The quantitative estimate of drug-likeness (QED) is 0.858. The summed E-state index contributed by atoms with van der Waals surface area (Å²) in [4.78, 5) is 4.54. The topological polar surface area (TPSA) is 46.9 Å². The van der Waals surface area contributed by atoms with Crippen LogP contribution < -0.4 is 0 Å². The number of likely N-dealkylation sites (tertiary alicyclic amines) is 1. The monoisotopic (exact) mass is 250 g/mol. The normalized spacial score (nSPS) is 22.6. The number of aromatic hydroxyl groups is 2. The van der Waals surface area contributed by atoms with E-state index in [1.807, 2.05) is 6.92 Å². The van der Waals surface area contributed by atoms with Gasteiger partial charge in [0.05, 0.1) is 5.56 Å². The maximum Gasteiger partial charge on any atom is 0.124 e. The first-order valence-corrected chi connectivity index (χ1v) is 6.42. The van der Waals surface area contributed by atoms with Crippen LogP contribution in [0, 0.1) is 0 Å². The van der Waals surface area contributed by atoms with Crippen LogP contribution in [-0.2, 0) is 0 Å². The highest BCUT2D eigenvalue weighted by molar-refractivity contribution is 5.45. The molecule has 1 aliphatic heterocycles. The fourth-order valence-electron chi connectivity index (χ4n) is 2.69. The van der Waals surface area contributed by atoms with E-state index in [2.05, 4.69) is 23.9 Å². The first-order chi connectivity index (χ1) is 8.50. The van der Waals surface area contributed by atoms with E-state index in [0.29, 0.717) is 11.6 Å². The molecule has 1 fully saturated rings. The molecule has 1 aromatic rings. The molecule has 1 heterocycles. The van der Waals surface area contributed by atoms with Crippen LogP contribution in [0.5, 0.6) is 11.5 Å². The molecule has 1 aromatic carbocycles. The van der Waals surface area contributed by atoms with E-state index in [9.17, 15) is 10.2 Å². The van der Waals surface area contributed by atoms with Crippen LogP contribution in [0.4, 0.5) is 0 Å². The first-order valence-electron chi connectivity index (χ1n) is 6.42. The molecule has 0 radical (unpaired) electrons. The van der Waals surface area contributed by atoms with Gasteiger partial charge in [0.2, 0.25) is 0 Å². The molecule has 4 heteroatoms. The Morgan fingerprint density at radius 1 is 1.28 bits per heavy atom. The molecular weight excluding hydrogens is 228 g/mol. The standard InChI is InChI=1S/C14H22N2O2/c1-10(14-12(17)5-4-6-13(14)18)16-8-7-11(9-16)15(2)3/h4-6,10-11,17-18H,7-9H2,1-3H3. The average molecular weight is 250 g/mol. The number of rotatable bonds is 3. The Morgan fingerprint density at radius 3 is 2.39 bits per heavy atom. The SMILES string of the molecule is CC(c1c(O)cccc1O)N1CCC(N(C)C)C1. The molecular formula is C14H22N2O2. The Morgan fingerprint density at radius 2 is 1.89 bits per heavy atom. The maximum atomic E-state index is 9.90. The maximum absolute atomic E-state index is 9.90. The predicted octanol–water partition coefficient (Wildman–Crippen LogP) is 1.79. The van der Waals surface area contributed by atoms with Gasteiger partial charge in [-0.3, -0.25) is 4.90 Å². The summed E-state index contributed by atoms with van der Waals surface area (Å²) < 4.78 is 0. The van der Waals surface area contributed by atoms with Crippen molar-refractivity contribution in [2.24, 2.45) is 0 Å². The Labute approximate surface area is 108 Å². The first kappa shape index (κ1) is 13.2. The number of benzene rings is 1. The molecule has 2 unspecified atom stereocenters. The van der Waals surface area contributed by atoms with Crippen molar-refractivity contribution in [3.63, 3.8) is 0 Å². The summed E-state index contributed by atoms with van der Waals surface area (Å²) in [5, 5.41) is 19.8. The van der Waals surface area contributed by atoms with Crippen molar-refractivity contribution < 1.29 is 10.2 Å². The van der Waals surface area contributed by atoms with Gasteiger partial charge in [0.1, 0.15) is 11.5 Å². The van der Waals surface area contributed by atoms with E-state index in [4.69, 9.17) is 0 Å².